The minimum atomic E-state index is -4.34. The van der Waals surface area contributed by atoms with E-state index in [0.717, 1.165) is 141 Å². The largest absolute Gasteiger partial charge is 1.00 e. The Labute approximate surface area is 942 Å². The molecule has 0 bridgehead atoms. The molecule has 21 nitrogen and oxygen atoms in total. The molecular weight excluding hydrogens is 2370 g/mol. The number of nitrogen functional groups attached to an aromatic ring is 1. The van der Waals surface area contributed by atoms with Crippen LogP contribution in [0.5, 0.6) is 0 Å². The second kappa shape index (κ2) is 66.5. The number of aromatic nitrogens is 2. The van der Waals surface area contributed by atoms with Crippen LogP contribution >= 0.6 is 112 Å². The number of para-hydroxylation sites is 3. The molecule has 0 unspecified atom stereocenters. The van der Waals surface area contributed by atoms with Crippen molar-refractivity contribution < 1.29 is 119 Å². The van der Waals surface area contributed by atoms with Gasteiger partial charge in [0, 0.05) is 79.0 Å². The Balaban J connectivity index is 0.000000308. The summed E-state index contributed by atoms with van der Waals surface area (Å²) < 4.78 is 69.7. The van der Waals surface area contributed by atoms with Crippen LogP contribution in [0.3, 0.4) is 0 Å². The van der Waals surface area contributed by atoms with Crippen molar-refractivity contribution in [1.82, 2.24) is 9.13 Å². The molecule has 32 heteroatoms. The average molecular weight is 2480 g/mol. The Morgan fingerprint density at radius 3 is 0.813 bits per heavy atom. The summed E-state index contributed by atoms with van der Waals surface area (Å²) in [6.45, 7) is 13.8. The average Bonchev–Trinajstić information content (AvgIpc) is 1.62. The summed E-state index contributed by atoms with van der Waals surface area (Å²) in [6, 6.07) is 106. The number of Topliss-reactive ketones (excluding diaryl/α,β-unsaturated/α-hetero) is 4. The van der Waals surface area contributed by atoms with Crippen molar-refractivity contribution in [2.75, 3.05) is 46.1 Å². The molecule has 0 atom stereocenters. The van der Waals surface area contributed by atoms with Gasteiger partial charge in [0.1, 0.15) is 0 Å². The predicted octanol–water partition coefficient (Wildman–Crippen LogP) is 26.7. The molecule has 0 aliphatic carbocycles. The zero-order valence-electron chi connectivity index (χ0n) is 83.8. The number of nitrogens with zero attached hydrogens (tertiary/aromatic N) is 2. The minimum Gasteiger partial charge on any atom is -0.870 e. The number of carboxylic acid groups (broad SMARTS) is 2. The number of carbonyl (C=O) groups excluding carboxylic acids is 8. The first-order valence-corrected chi connectivity index (χ1v) is 51.5. The van der Waals surface area contributed by atoms with Crippen LogP contribution in [0.25, 0.3) is 56.4 Å². The van der Waals surface area contributed by atoms with Crippen LogP contribution in [0.4, 0.5) is 18.9 Å². The van der Waals surface area contributed by atoms with Crippen molar-refractivity contribution >= 4 is 176 Å². The SMILES string of the molecule is C=C(C)OCC.COC(=O)Cc1ccc(-c2ccc(-c3ccc(Br)cc3)n2-c2ccccc2C)cc1.COC(=O)Cc1ccc(Br)cc1.COC(=O)Cc1ccc(C(=O)CCC(=O)c2ccc(Br)cc2)cc1.COC(=O)Cc1ccc(C(C)=O)cc1.Cc1ccccc1-n1c(-c2ccc(Br)cc2)ccc1-c1ccc(CC(=O)O)cc1.Nc1ccccc1C(F)(F)F.O=C(CBr)c1ccc(Br)cc1.O=C(O)Cc1ccc(Br)cc1.[Li+].[OH-]. The van der Waals surface area contributed by atoms with Gasteiger partial charge in [-0.3, -0.25) is 47.9 Å². The molecule has 150 heavy (non-hydrogen) atoms. The molecule has 0 radical (unpaired) electrons. The van der Waals surface area contributed by atoms with E-state index in [0.29, 0.717) is 28.4 Å². The van der Waals surface area contributed by atoms with E-state index in [1.165, 1.54) is 64.7 Å². The van der Waals surface area contributed by atoms with E-state index in [2.05, 4.69) is 264 Å². The van der Waals surface area contributed by atoms with E-state index >= 15 is 0 Å². The fourth-order valence-electron chi connectivity index (χ4n) is 13.8. The van der Waals surface area contributed by atoms with E-state index < -0.39 is 23.7 Å². The first kappa shape index (κ1) is 127. The molecule has 0 aliphatic heterocycles. The quantitative estimate of drug-likeness (QED) is 0.00780. The molecule has 0 saturated carbocycles. The zero-order chi connectivity index (χ0) is 109. The first-order chi connectivity index (χ1) is 70.6. The van der Waals surface area contributed by atoms with Crippen molar-refractivity contribution in [3.8, 4) is 56.4 Å². The normalized spacial score (nSPS) is 10.1. The molecule has 2 aromatic heterocycles. The maximum Gasteiger partial charge on any atom is 1.00 e. The number of alkyl halides is 4. The van der Waals surface area contributed by atoms with Gasteiger partial charge in [-0.05, 0) is 223 Å². The molecule has 15 aromatic rings. The number of halogens is 10. The molecule has 13 aromatic carbocycles. The summed E-state index contributed by atoms with van der Waals surface area (Å²) >= 11 is 23.3. The molecule has 0 fully saturated rings. The van der Waals surface area contributed by atoms with Gasteiger partial charge in [0.2, 0.25) is 0 Å². The van der Waals surface area contributed by atoms with Crippen molar-refractivity contribution in [3.05, 3.63) is 451 Å². The number of anilines is 1. The van der Waals surface area contributed by atoms with Gasteiger partial charge in [-0.15, -0.1) is 0 Å². The van der Waals surface area contributed by atoms with E-state index in [1.54, 1.807) is 97.1 Å². The minimum absolute atomic E-state index is 0. The van der Waals surface area contributed by atoms with Crippen molar-refractivity contribution in [2.45, 2.75) is 92.2 Å². The molecule has 5 N–H and O–H groups in total. The Kier molecular flexibility index (Phi) is 56.5. The fraction of sp³-hybridized carbons (Fsp3) is 0.169. The summed E-state index contributed by atoms with van der Waals surface area (Å²) in [5.74, 6) is -1.89. The van der Waals surface area contributed by atoms with Crippen LogP contribution in [-0.4, -0.2) is 124 Å². The van der Waals surface area contributed by atoms with Gasteiger partial charge in [-0.2, -0.15) is 13.2 Å². The Hall–Kier alpha value is -13.0. The molecule has 2 heterocycles. The van der Waals surface area contributed by atoms with Gasteiger partial charge in [0.05, 0.1) is 113 Å². The Bertz CT molecular complexity index is 6900. The number of ketones is 4. The standard InChI is InChI=1S/C26H22BrNO2.C25H20BrNO2.C19H17BrO4.C11H12O3.C9H9BrO2.C8H6Br2O.C8H7BrO2.C7H6F3N.C5H10O.Li.H2O/c1-18-5-3-4-6-23(18)28-24(15-16-25(28)21-11-13-22(27)14-12-21)20-9-7-19(8-10-20)17-26(29)30-2;1-17-4-2-3-5-22(17)27-23(19-8-6-18(7-9-19)16-25(28)29)14-15-24(27)20-10-12-21(26)13-11-20;1-24-19(23)12-13-2-4-14(5-3-13)17(21)10-11-18(22)15-6-8-16(20)9-7-15;1-8(12)10-5-3-9(4-6-10)7-11(13)14-2;1-12-9(11)6-7-2-4-8(10)5-3-7;9-5-8(11)6-1-3-7(10)4-2-6;9-7-3-1-6(2-4-7)5-8(10)11;8-7(9,10)5-3-1-2-4-6(5)11;1-4-6-5(2)3;;/h3-16H,17H2,1-2H3;2-15H,16H2,1H3,(H,28,29);2-9H,10-12H2,1H3;3-6H,7H2,1-2H3;2-5H,6H2,1H3;1-4H,5H2;1-4H,5H2,(H,10,11);1-4H,11H2;2,4H2,1,3H3;;1H2/q;;;;;;;;;+1;/p-1. The van der Waals surface area contributed by atoms with Crippen LogP contribution < -0.4 is 24.6 Å². The second-order valence-electron chi connectivity index (χ2n) is 32.4. The Morgan fingerprint density at radius 2 is 0.573 bits per heavy atom. The number of esters is 4. The number of allylic oxidation sites excluding steroid dienone is 1. The maximum atomic E-state index is 12.2. The van der Waals surface area contributed by atoms with Crippen molar-refractivity contribution in [2.24, 2.45) is 0 Å². The topological polar surface area (TPSA) is 323 Å². The molecule has 15 rings (SSSR count). The van der Waals surface area contributed by atoms with Gasteiger partial charge in [-0.25, -0.2) is 0 Å². The van der Waals surface area contributed by atoms with Gasteiger partial charge in [0.15, 0.2) is 23.1 Å². The van der Waals surface area contributed by atoms with Gasteiger partial charge in [-0.1, -0.05) is 336 Å². The summed E-state index contributed by atoms with van der Waals surface area (Å²) in [5, 5.41) is 17.8. The third-order valence-electron chi connectivity index (χ3n) is 21.4. The van der Waals surface area contributed by atoms with Gasteiger partial charge < -0.3 is 54.2 Å². The summed E-state index contributed by atoms with van der Waals surface area (Å²) in [7, 11) is 5.49. The zero-order valence-corrected chi connectivity index (χ0v) is 94.9. The molecule has 0 spiro atoms. The second-order valence-corrected chi connectivity index (χ2v) is 38.4. The number of nitrogens with two attached hydrogens (primary N) is 1. The third-order valence-corrected chi connectivity index (χ3v) is 25.1. The van der Waals surface area contributed by atoms with Crippen LogP contribution in [0, 0.1) is 13.8 Å². The number of aryl methyl sites for hydroxylation is 2. The van der Waals surface area contributed by atoms with E-state index in [1.807, 2.05) is 123 Å². The van der Waals surface area contributed by atoms with Crippen LogP contribution in [0.15, 0.2) is 379 Å². The predicted molar refractivity (Wildman–Crippen MR) is 603 cm³/mol. The van der Waals surface area contributed by atoms with Gasteiger partial charge >= 0.3 is 60.9 Å². The van der Waals surface area contributed by atoms with Crippen molar-refractivity contribution in [1.29, 1.82) is 0 Å². The summed E-state index contributed by atoms with van der Waals surface area (Å²) in [6.07, 6.45) is -2.86. The van der Waals surface area contributed by atoms with Crippen LogP contribution in [-0.2, 0) is 97.2 Å². The molecular formula is C118H110Br7F3LiN3O18. The van der Waals surface area contributed by atoms with Crippen LogP contribution in [0.1, 0.15) is 125 Å². The number of carbonyl (C=O) groups is 10. The number of hydrogen-bond acceptors (Lipinski definition) is 17. The van der Waals surface area contributed by atoms with Gasteiger partial charge in [0.25, 0.3) is 0 Å². The molecule has 0 aliphatic rings. The Morgan fingerprint density at radius 1 is 0.340 bits per heavy atom. The van der Waals surface area contributed by atoms with E-state index in [9.17, 15) is 61.1 Å². The number of hydrogen-bond donors (Lipinski definition) is 3. The van der Waals surface area contributed by atoms with Crippen LogP contribution in [0.2, 0.25) is 0 Å². The van der Waals surface area contributed by atoms with Crippen molar-refractivity contribution in [3.63, 3.8) is 0 Å². The fourth-order valence-corrected chi connectivity index (χ4v) is 15.7. The number of methoxy groups -OCH3 is 4. The number of benzene rings is 13. The third kappa shape index (κ3) is 44.3. The number of aliphatic carboxylic acids is 2. The van der Waals surface area contributed by atoms with E-state index in [4.69, 9.17) is 25.4 Å². The summed E-state index contributed by atoms with van der Waals surface area (Å²) in [4.78, 5) is 112. The first-order valence-electron chi connectivity index (χ1n) is 45.7. The molecule has 776 valence electrons. The smallest absolute Gasteiger partial charge is 0.870 e. The summed E-state index contributed by atoms with van der Waals surface area (Å²) in [5.41, 5.74) is 25.2. The maximum absolute atomic E-state index is 12.2. The number of rotatable bonds is 28. The number of ether oxygens (including phenoxy) is 5. The molecule has 0 saturated heterocycles. The number of carboxylic acids is 2. The monoisotopic (exact) mass is 2470 g/mol. The van der Waals surface area contributed by atoms with E-state index in [-0.39, 0.29) is 122 Å². The molecule has 0 amide bonds.